The van der Waals surface area contributed by atoms with Crippen molar-refractivity contribution in [3.63, 3.8) is 0 Å². The summed E-state index contributed by atoms with van der Waals surface area (Å²) in [6, 6.07) is 6.65. The fourth-order valence-corrected chi connectivity index (χ4v) is 3.81. The first kappa shape index (κ1) is 19.9. The fraction of sp³-hybridized carbons (Fsp3) is 0.500. The van der Waals surface area contributed by atoms with Gasteiger partial charge in [-0.15, -0.1) is 0 Å². The van der Waals surface area contributed by atoms with Crippen LogP contribution in [0.4, 0.5) is 5.69 Å². The molecule has 1 aromatic carbocycles. The predicted octanol–water partition coefficient (Wildman–Crippen LogP) is 1.62. The van der Waals surface area contributed by atoms with E-state index >= 15 is 0 Å². The van der Waals surface area contributed by atoms with Gasteiger partial charge in [0, 0.05) is 36.8 Å². The lowest BCUT2D eigenvalue weighted by Crippen LogP contribution is -2.35. The second-order valence-electron chi connectivity index (χ2n) is 7.35. The van der Waals surface area contributed by atoms with Crippen molar-refractivity contribution in [3.8, 4) is 0 Å². The molecule has 2 aliphatic rings. The van der Waals surface area contributed by atoms with E-state index in [1.165, 1.54) is 0 Å². The van der Waals surface area contributed by atoms with Gasteiger partial charge in [0.25, 0.3) is 5.91 Å². The lowest BCUT2D eigenvalue weighted by Gasteiger charge is -2.23. The molecule has 1 aliphatic heterocycles. The highest BCUT2D eigenvalue weighted by molar-refractivity contribution is 5.98. The van der Waals surface area contributed by atoms with Crippen molar-refractivity contribution in [2.24, 2.45) is 5.92 Å². The number of nitrogens with one attached hydrogen (secondary N) is 2. The summed E-state index contributed by atoms with van der Waals surface area (Å²) < 4.78 is 0. The first-order valence-corrected chi connectivity index (χ1v) is 9.64. The summed E-state index contributed by atoms with van der Waals surface area (Å²) in [5, 5.41) is 13.9. The van der Waals surface area contributed by atoms with Crippen molar-refractivity contribution in [1.82, 2.24) is 10.2 Å². The van der Waals surface area contributed by atoms with Crippen molar-refractivity contribution in [2.75, 3.05) is 18.4 Å². The van der Waals surface area contributed by atoms with E-state index in [0.717, 1.165) is 25.7 Å². The molecule has 2 fully saturated rings. The molecule has 0 bridgehead atoms. The van der Waals surface area contributed by atoms with E-state index in [1.54, 1.807) is 24.3 Å². The van der Waals surface area contributed by atoms with Crippen LogP contribution in [-0.4, -0.2) is 52.8 Å². The van der Waals surface area contributed by atoms with E-state index in [9.17, 15) is 19.2 Å². The quantitative estimate of drug-likeness (QED) is 0.657. The Balaban J connectivity index is 1.51. The highest BCUT2D eigenvalue weighted by Crippen LogP contribution is 2.30. The van der Waals surface area contributed by atoms with Crippen LogP contribution in [0.3, 0.4) is 0 Å². The molecule has 28 heavy (non-hydrogen) atoms. The Morgan fingerprint density at radius 2 is 1.79 bits per heavy atom. The molecule has 150 valence electrons. The second kappa shape index (κ2) is 8.86. The highest BCUT2D eigenvalue weighted by atomic mass is 16.4. The van der Waals surface area contributed by atoms with Gasteiger partial charge in [-0.25, -0.2) is 0 Å². The number of rotatable bonds is 7. The standard InChI is InChI=1S/C20H25N3O5/c24-17-11-14(12-23(17)16-3-1-2-4-16)20(28)22-15-7-5-13(6-8-15)19(27)21-10-9-18(25)26/h5-8,14,16H,1-4,9-12H2,(H,21,27)(H,22,28)(H,25,26). The molecular formula is C20H25N3O5. The van der Waals surface area contributed by atoms with Gasteiger partial charge in [0.2, 0.25) is 11.8 Å². The lowest BCUT2D eigenvalue weighted by atomic mass is 10.1. The number of carboxylic acid groups (broad SMARTS) is 1. The Morgan fingerprint density at radius 3 is 2.43 bits per heavy atom. The molecule has 8 nitrogen and oxygen atoms in total. The maximum Gasteiger partial charge on any atom is 0.305 e. The molecule has 0 aromatic heterocycles. The van der Waals surface area contributed by atoms with Crippen molar-refractivity contribution < 1.29 is 24.3 Å². The van der Waals surface area contributed by atoms with Crippen LogP contribution < -0.4 is 10.6 Å². The second-order valence-corrected chi connectivity index (χ2v) is 7.35. The van der Waals surface area contributed by atoms with Crippen LogP contribution in [0.2, 0.25) is 0 Å². The van der Waals surface area contributed by atoms with Crippen LogP contribution in [-0.2, 0) is 14.4 Å². The van der Waals surface area contributed by atoms with E-state index in [2.05, 4.69) is 10.6 Å². The van der Waals surface area contributed by atoms with Gasteiger partial charge in [-0.05, 0) is 37.1 Å². The van der Waals surface area contributed by atoms with Gasteiger partial charge in [-0.2, -0.15) is 0 Å². The summed E-state index contributed by atoms with van der Waals surface area (Å²) in [6.07, 6.45) is 4.43. The smallest absolute Gasteiger partial charge is 0.305 e. The Labute approximate surface area is 163 Å². The number of carbonyl (C=O) groups is 4. The van der Waals surface area contributed by atoms with Crippen molar-refractivity contribution in [3.05, 3.63) is 29.8 Å². The van der Waals surface area contributed by atoms with Crippen LogP contribution in [0.25, 0.3) is 0 Å². The molecule has 8 heteroatoms. The third kappa shape index (κ3) is 4.88. The molecular weight excluding hydrogens is 362 g/mol. The molecule has 0 spiro atoms. The molecule has 1 atom stereocenters. The van der Waals surface area contributed by atoms with E-state index < -0.39 is 5.97 Å². The normalized spacial score (nSPS) is 19.6. The predicted molar refractivity (Wildman–Crippen MR) is 102 cm³/mol. The Morgan fingerprint density at radius 1 is 1.11 bits per heavy atom. The molecule has 3 rings (SSSR count). The van der Waals surface area contributed by atoms with Gasteiger partial charge in [0.15, 0.2) is 0 Å². The van der Waals surface area contributed by atoms with E-state index in [1.807, 2.05) is 4.90 Å². The van der Waals surface area contributed by atoms with Gasteiger partial charge in [-0.1, -0.05) is 12.8 Å². The maximum atomic E-state index is 12.5. The van der Waals surface area contributed by atoms with Gasteiger partial charge in [0.1, 0.15) is 0 Å². The zero-order chi connectivity index (χ0) is 20.1. The first-order chi connectivity index (χ1) is 13.4. The SMILES string of the molecule is O=C(O)CCNC(=O)c1ccc(NC(=O)C2CC(=O)N(C3CCCC3)C2)cc1. The number of hydrogen-bond donors (Lipinski definition) is 3. The molecule has 1 heterocycles. The van der Waals surface area contributed by atoms with Crippen LogP contribution >= 0.6 is 0 Å². The van der Waals surface area contributed by atoms with Crippen molar-refractivity contribution in [1.29, 1.82) is 0 Å². The number of carboxylic acids is 1. The van der Waals surface area contributed by atoms with E-state index in [-0.39, 0.29) is 49.1 Å². The summed E-state index contributed by atoms with van der Waals surface area (Å²) in [4.78, 5) is 49.0. The van der Waals surface area contributed by atoms with E-state index in [0.29, 0.717) is 17.8 Å². The maximum absolute atomic E-state index is 12.5. The van der Waals surface area contributed by atoms with Gasteiger partial charge in [0.05, 0.1) is 12.3 Å². The van der Waals surface area contributed by atoms with Crippen molar-refractivity contribution in [2.45, 2.75) is 44.6 Å². The molecule has 3 N–H and O–H groups in total. The number of likely N-dealkylation sites (tertiary alicyclic amines) is 1. The molecule has 1 unspecified atom stereocenters. The van der Waals surface area contributed by atoms with E-state index in [4.69, 9.17) is 5.11 Å². The molecule has 0 radical (unpaired) electrons. The zero-order valence-electron chi connectivity index (χ0n) is 15.6. The third-order valence-corrected chi connectivity index (χ3v) is 5.33. The summed E-state index contributed by atoms with van der Waals surface area (Å²) in [7, 11) is 0. The number of benzene rings is 1. The Hall–Kier alpha value is -2.90. The van der Waals surface area contributed by atoms with Crippen LogP contribution in [0.15, 0.2) is 24.3 Å². The summed E-state index contributed by atoms with van der Waals surface area (Å²) in [5.74, 6) is -1.83. The average molecular weight is 387 g/mol. The van der Waals surface area contributed by atoms with Crippen LogP contribution in [0, 0.1) is 5.92 Å². The molecule has 1 aromatic rings. The fourth-order valence-electron chi connectivity index (χ4n) is 3.81. The summed E-state index contributed by atoms with van der Waals surface area (Å²) in [6.45, 7) is 0.527. The number of nitrogens with zero attached hydrogens (tertiary/aromatic N) is 1. The number of hydrogen-bond acceptors (Lipinski definition) is 4. The molecule has 1 saturated carbocycles. The molecule has 1 saturated heterocycles. The lowest BCUT2D eigenvalue weighted by molar-refractivity contribution is -0.136. The summed E-state index contributed by atoms with van der Waals surface area (Å²) in [5.41, 5.74) is 0.936. The number of amides is 3. The minimum Gasteiger partial charge on any atom is -0.481 e. The number of anilines is 1. The van der Waals surface area contributed by atoms with Crippen molar-refractivity contribution >= 4 is 29.4 Å². The van der Waals surface area contributed by atoms with Gasteiger partial charge < -0.3 is 20.6 Å². The zero-order valence-corrected chi connectivity index (χ0v) is 15.6. The number of aliphatic carboxylic acids is 1. The minimum atomic E-state index is -0.977. The topological polar surface area (TPSA) is 116 Å². The van der Waals surface area contributed by atoms with Gasteiger partial charge in [-0.3, -0.25) is 19.2 Å². The monoisotopic (exact) mass is 387 g/mol. The number of carbonyl (C=O) groups excluding carboxylic acids is 3. The van der Waals surface area contributed by atoms with Crippen LogP contribution in [0.1, 0.15) is 48.9 Å². The molecule has 1 aliphatic carbocycles. The van der Waals surface area contributed by atoms with Crippen LogP contribution in [0.5, 0.6) is 0 Å². The van der Waals surface area contributed by atoms with Gasteiger partial charge >= 0.3 is 5.97 Å². The third-order valence-electron chi connectivity index (χ3n) is 5.33. The largest absolute Gasteiger partial charge is 0.481 e. The summed E-state index contributed by atoms with van der Waals surface area (Å²) >= 11 is 0. The minimum absolute atomic E-state index is 0.0554. The average Bonchev–Trinajstić information content (AvgIpc) is 3.31. The highest BCUT2D eigenvalue weighted by Gasteiger charge is 2.38. The Kier molecular flexibility index (Phi) is 6.28. The molecule has 3 amide bonds. The Bertz CT molecular complexity index is 756. The first-order valence-electron chi connectivity index (χ1n) is 9.64.